The van der Waals surface area contributed by atoms with E-state index in [0.717, 1.165) is 15.1 Å². The zero-order valence-corrected chi connectivity index (χ0v) is 8.78. The third-order valence-electron chi connectivity index (χ3n) is 1.43. The zero-order chi connectivity index (χ0) is 8.55. The minimum Gasteiger partial charge on any atom is -0.440 e. The molecule has 0 fully saturated rings. The van der Waals surface area contributed by atoms with Gasteiger partial charge in [0.05, 0.1) is 11.1 Å². The van der Waals surface area contributed by atoms with Crippen molar-refractivity contribution in [3.05, 3.63) is 28.0 Å². The first-order chi connectivity index (χ1) is 5.75. The molecule has 2 heterocycles. The highest BCUT2D eigenvalue weighted by Crippen LogP contribution is 2.29. The van der Waals surface area contributed by atoms with Gasteiger partial charge in [0, 0.05) is 16.8 Å². The van der Waals surface area contributed by atoms with Crippen LogP contribution in [0.4, 0.5) is 0 Å². The molecule has 0 aromatic carbocycles. The van der Waals surface area contributed by atoms with Gasteiger partial charge >= 0.3 is 0 Å². The van der Waals surface area contributed by atoms with Crippen molar-refractivity contribution in [3.63, 3.8) is 0 Å². The summed E-state index contributed by atoms with van der Waals surface area (Å²) in [5.74, 6) is 1.54. The summed E-state index contributed by atoms with van der Waals surface area (Å²) in [6.45, 7) is 1.84. The average molecular weight is 244 g/mol. The van der Waals surface area contributed by atoms with Gasteiger partial charge in [0.15, 0.2) is 11.7 Å². The van der Waals surface area contributed by atoms with E-state index in [-0.39, 0.29) is 0 Å². The molecule has 0 aliphatic heterocycles. The summed E-state index contributed by atoms with van der Waals surface area (Å²) in [5, 5.41) is 2.02. The van der Waals surface area contributed by atoms with Gasteiger partial charge in [0.25, 0.3) is 0 Å². The van der Waals surface area contributed by atoms with Crippen LogP contribution in [0.25, 0.3) is 10.6 Å². The number of nitrogens with zero attached hydrogens (tertiary/aromatic N) is 1. The monoisotopic (exact) mass is 243 g/mol. The third kappa shape index (κ3) is 1.44. The highest BCUT2D eigenvalue weighted by atomic mass is 79.9. The molecule has 2 nitrogen and oxygen atoms in total. The second-order valence-electron chi connectivity index (χ2n) is 2.37. The van der Waals surface area contributed by atoms with Crippen molar-refractivity contribution in [2.24, 2.45) is 0 Å². The van der Waals surface area contributed by atoms with E-state index in [0.29, 0.717) is 5.89 Å². The molecule has 0 saturated carbocycles. The lowest BCUT2D eigenvalue weighted by Crippen LogP contribution is -1.61. The lowest BCUT2D eigenvalue weighted by molar-refractivity contribution is 0.535. The topological polar surface area (TPSA) is 26.0 Å². The molecule has 62 valence electrons. The molecule has 0 aliphatic rings. The van der Waals surface area contributed by atoms with Crippen LogP contribution in [0.5, 0.6) is 0 Å². The Morgan fingerprint density at radius 3 is 2.92 bits per heavy atom. The standard InChI is InChI=1S/C8H6BrNOS/c1-5-10-3-7(11-5)8-2-6(9)4-12-8/h2-4H,1H3. The number of aromatic nitrogens is 1. The minimum atomic E-state index is 0.703. The molecule has 0 aliphatic carbocycles. The third-order valence-corrected chi connectivity index (χ3v) is 3.14. The van der Waals surface area contributed by atoms with E-state index in [1.54, 1.807) is 17.5 Å². The molecule has 2 aromatic rings. The molecule has 0 saturated heterocycles. The number of rotatable bonds is 1. The van der Waals surface area contributed by atoms with Crippen LogP contribution in [0.2, 0.25) is 0 Å². The Hall–Kier alpha value is -0.610. The van der Waals surface area contributed by atoms with E-state index in [9.17, 15) is 0 Å². The largest absolute Gasteiger partial charge is 0.440 e. The summed E-state index contributed by atoms with van der Waals surface area (Å²) in [7, 11) is 0. The second kappa shape index (κ2) is 3.03. The quantitative estimate of drug-likeness (QED) is 0.767. The average Bonchev–Trinajstić information content (AvgIpc) is 2.58. The normalized spacial score (nSPS) is 10.5. The van der Waals surface area contributed by atoms with E-state index in [4.69, 9.17) is 4.42 Å². The summed E-state index contributed by atoms with van der Waals surface area (Å²) < 4.78 is 6.44. The first kappa shape index (κ1) is 8.01. The molecule has 0 spiro atoms. The molecule has 2 rings (SSSR count). The lowest BCUT2D eigenvalue weighted by atomic mass is 10.4. The Labute approximate surface area is 82.4 Å². The van der Waals surface area contributed by atoms with Gasteiger partial charge in [-0.05, 0) is 22.0 Å². The molecule has 4 heteroatoms. The molecule has 2 aromatic heterocycles. The number of thiophene rings is 1. The van der Waals surface area contributed by atoms with Gasteiger partial charge in [-0.3, -0.25) is 0 Å². The number of hydrogen-bond acceptors (Lipinski definition) is 3. The smallest absolute Gasteiger partial charge is 0.191 e. The summed E-state index contributed by atoms with van der Waals surface area (Å²) >= 11 is 5.02. The van der Waals surface area contributed by atoms with Crippen molar-refractivity contribution in [1.82, 2.24) is 4.98 Å². The van der Waals surface area contributed by atoms with Gasteiger partial charge in [0.2, 0.25) is 0 Å². The van der Waals surface area contributed by atoms with Gasteiger partial charge in [0.1, 0.15) is 0 Å². The second-order valence-corrected chi connectivity index (χ2v) is 4.20. The zero-order valence-electron chi connectivity index (χ0n) is 6.37. The van der Waals surface area contributed by atoms with Crippen LogP contribution in [-0.4, -0.2) is 4.98 Å². The van der Waals surface area contributed by atoms with Gasteiger partial charge in [-0.15, -0.1) is 11.3 Å². The number of oxazole rings is 1. The Morgan fingerprint density at radius 1 is 1.58 bits per heavy atom. The van der Waals surface area contributed by atoms with Crippen molar-refractivity contribution in [2.75, 3.05) is 0 Å². The molecule has 0 atom stereocenters. The molecule has 0 bridgehead atoms. The van der Waals surface area contributed by atoms with Gasteiger partial charge in [-0.2, -0.15) is 0 Å². The van der Waals surface area contributed by atoms with Crippen molar-refractivity contribution in [3.8, 4) is 10.6 Å². The maximum Gasteiger partial charge on any atom is 0.191 e. The van der Waals surface area contributed by atoms with Crippen LogP contribution in [0.3, 0.4) is 0 Å². The first-order valence-corrected chi connectivity index (χ1v) is 5.10. The van der Waals surface area contributed by atoms with Gasteiger partial charge in [-0.1, -0.05) is 0 Å². The molecule has 0 radical (unpaired) electrons. The molecule has 0 unspecified atom stereocenters. The number of aryl methyl sites for hydroxylation is 1. The van der Waals surface area contributed by atoms with Crippen LogP contribution < -0.4 is 0 Å². The fraction of sp³-hybridized carbons (Fsp3) is 0.125. The van der Waals surface area contributed by atoms with Crippen LogP contribution in [-0.2, 0) is 0 Å². The van der Waals surface area contributed by atoms with Gasteiger partial charge in [-0.25, -0.2) is 4.98 Å². The van der Waals surface area contributed by atoms with Crippen LogP contribution in [0, 0.1) is 6.92 Å². The van der Waals surface area contributed by atoms with Gasteiger partial charge < -0.3 is 4.42 Å². The number of hydrogen-bond donors (Lipinski definition) is 0. The molecular formula is C8H6BrNOS. The fourth-order valence-electron chi connectivity index (χ4n) is 0.918. The highest BCUT2D eigenvalue weighted by molar-refractivity contribution is 9.10. The van der Waals surface area contributed by atoms with E-state index >= 15 is 0 Å². The van der Waals surface area contributed by atoms with Crippen molar-refractivity contribution < 1.29 is 4.42 Å². The predicted octanol–water partition coefficient (Wildman–Crippen LogP) is 3.47. The Morgan fingerprint density at radius 2 is 2.42 bits per heavy atom. The summed E-state index contributed by atoms with van der Waals surface area (Å²) in [6, 6.07) is 2.02. The summed E-state index contributed by atoms with van der Waals surface area (Å²) in [5.41, 5.74) is 0. The maximum absolute atomic E-state index is 5.36. The lowest BCUT2D eigenvalue weighted by Gasteiger charge is -1.85. The van der Waals surface area contributed by atoms with Crippen molar-refractivity contribution in [2.45, 2.75) is 6.92 Å². The van der Waals surface area contributed by atoms with Crippen molar-refractivity contribution >= 4 is 27.3 Å². The Bertz CT molecular complexity index is 355. The molecular weight excluding hydrogens is 238 g/mol. The van der Waals surface area contributed by atoms with Crippen molar-refractivity contribution in [1.29, 1.82) is 0 Å². The Balaban J connectivity index is 2.43. The predicted molar refractivity (Wildman–Crippen MR) is 52.3 cm³/mol. The molecule has 0 N–H and O–H groups in total. The molecule has 0 amide bonds. The highest BCUT2D eigenvalue weighted by Gasteiger charge is 2.05. The summed E-state index contributed by atoms with van der Waals surface area (Å²) in [6.07, 6.45) is 1.74. The van der Waals surface area contributed by atoms with E-state index in [1.807, 2.05) is 18.4 Å². The van der Waals surface area contributed by atoms with Crippen LogP contribution in [0.1, 0.15) is 5.89 Å². The summed E-state index contributed by atoms with van der Waals surface area (Å²) in [4.78, 5) is 5.13. The van der Waals surface area contributed by atoms with Crippen LogP contribution in [0.15, 0.2) is 26.5 Å². The van der Waals surface area contributed by atoms with E-state index in [1.165, 1.54) is 0 Å². The molecule has 12 heavy (non-hydrogen) atoms. The SMILES string of the molecule is Cc1ncc(-c2cc(Br)cs2)o1. The fourth-order valence-corrected chi connectivity index (χ4v) is 2.29. The minimum absolute atomic E-state index is 0.703. The van der Waals surface area contributed by atoms with E-state index < -0.39 is 0 Å². The Kier molecular flexibility index (Phi) is 2.02. The first-order valence-electron chi connectivity index (χ1n) is 3.42. The number of halogens is 1. The van der Waals surface area contributed by atoms with Crippen LogP contribution >= 0.6 is 27.3 Å². The maximum atomic E-state index is 5.36. The van der Waals surface area contributed by atoms with E-state index in [2.05, 4.69) is 20.9 Å².